The Kier molecular flexibility index (Phi) is 3.62. The minimum Gasteiger partial charge on any atom is -0.506 e. The van der Waals surface area contributed by atoms with E-state index in [2.05, 4.69) is 9.72 Å². The molecule has 0 aromatic carbocycles. The van der Waals surface area contributed by atoms with Crippen LogP contribution in [0, 0.1) is 0 Å². The molecule has 0 unspecified atom stereocenters. The lowest BCUT2D eigenvalue weighted by Gasteiger charge is -2.09. The molecule has 2 rings (SSSR count). The number of nitrogens with zero attached hydrogens (tertiary/aromatic N) is 2. The fourth-order valence-corrected chi connectivity index (χ4v) is 1.82. The van der Waals surface area contributed by atoms with Gasteiger partial charge in [0.05, 0.1) is 12.0 Å². The summed E-state index contributed by atoms with van der Waals surface area (Å²) in [7, 11) is 0. The van der Waals surface area contributed by atoms with Crippen molar-refractivity contribution < 1.29 is 24.6 Å². The highest BCUT2D eigenvalue weighted by Gasteiger charge is 2.24. The van der Waals surface area contributed by atoms with E-state index in [1.807, 2.05) is 0 Å². The van der Waals surface area contributed by atoms with Crippen molar-refractivity contribution in [2.75, 3.05) is 6.61 Å². The third-order valence-corrected chi connectivity index (χ3v) is 2.85. The maximum Gasteiger partial charge on any atom is 0.347 e. The van der Waals surface area contributed by atoms with Gasteiger partial charge in [-0.05, 0) is 19.9 Å². The SMILES string of the molecule is CCOC(=O)c1c(O)c2cc(C(C)=O)cnc2n(O)c1=O. The van der Waals surface area contributed by atoms with E-state index < -0.39 is 22.8 Å². The van der Waals surface area contributed by atoms with Gasteiger partial charge in [-0.15, -0.1) is 4.73 Å². The number of pyridine rings is 2. The van der Waals surface area contributed by atoms with Crippen LogP contribution in [-0.2, 0) is 4.74 Å². The summed E-state index contributed by atoms with van der Waals surface area (Å²) in [6.07, 6.45) is 1.15. The molecule has 0 spiro atoms. The van der Waals surface area contributed by atoms with Gasteiger partial charge >= 0.3 is 11.5 Å². The van der Waals surface area contributed by atoms with Crippen LogP contribution in [0.15, 0.2) is 17.1 Å². The zero-order valence-corrected chi connectivity index (χ0v) is 11.3. The van der Waals surface area contributed by atoms with Crippen LogP contribution in [0.5, 0.6) is 5.75 Å². The van der Waals surface area contributed by atoms with Crippen LogP contribution in [0.3, 0.4) is 0 Å². The summed E-state index contributed by atoms with van der Waals surface area (Å²) in [5.74, 6) is -2.08. The summed E-state index contributed by atoms with van der Waals surface area (Å²) in [6, 6.07) is 1.23. The van der Waals surface area contributed by atoms with E-state index in [0.29, 0.717) is 0 Å². The van der Waals surface area contributed by atoms with Gasteiger partial charge in [-0.2, -0.15) is 0 Å². The van der Waals surface area contributed by atoms with Crippen LogP contribution in [0.2, 0.25) is 0 Å². The minimum atomic E-state index is -1.15. The van der Waals surface area contributed by atoms with E-state index in [0.717, 1.165) is 6.20 Å². The number of esters is 1. The molecule has 0 fully saturated rings. The Balaban J connectivity index is 2.85. The van der Waals surface area contributed by atoms with E-state index in [4.69, 9.17) is 0 Å². The first-order valence-electron chi connectivity index (χ1n) is 6.03. The average Bonchev–Trinajstić information content (AvgIpc) is 2.44. The van der Waals surface area contributed by atoms with Crippen molar-refractivity contribution in [2.24, 2.45) is 0 Å². The summed E-state index contributed by atoms with van der Waals surface area (Å²) in [6.45, 7) is 2.82. The Bertz CT molecular complexity index is 808. The number of carbonyl (C=O) groups is 2. The van der Waals surface area contributed by atoms with E-state index in [1.54, 1.807) is 0 Å². The molecule has 2 aromatic heterocycles. The van der Waals surface area contributed by atoms with Crippen molar-refractivity contribution in [3.05, 3.63) is 33.7 Å². The standard InChI is InChI=1S/C13H12N2O6/c1-3-21-13(19)9-10(17)8-4-7(6(2)16)5-14-11(8)15(20)12(9)18/h4-5,17,20H,3H2,1-2H3. The highest BCUT2D eigenvalue weighted by molar-refractivity contribution is 6.01. The Morgan fingerprint density at radius 1 is 1.43 bits per heavy atom. The Morgan fingerprint density at radius 2 is 2.10 bits per heavy atom. The molecule has 0 bridgehead atoms. The van der Waals surface area contributed by atoms with Gasteiger partial charge in [0, 0.05) is 11.8 Å². The van der Waals surface area contributed by atoms with E-state index in [9.17, 15) is 24.7 Å². The number of aromatic hydroxyl groups is 1. The topological polar surface area (TPSA) is 119 Å². The average molecular weight is 292 g/mol. The lowest BCUT2D eigenvalue weighted by atomic mass is 10.1. The predicted octanol–water partition coefficient (Wildman–Crippen LogP) is 0.719. The molecule has 2 N–H and O–H groups in total. The second kappa shape index (κ2) is 5.23. The van der Waals surface area contributed by atoms with Gasteiger partial charge in [0.2, 0.25) is 0 Å². The second-order valence-electron chi connectivity index (χ2n) is 4.21. The Hall–Kier alpha value is -2.90. The monoisotopic (exact) mass is 292 g/mol. The number of fused-ring (bicyclic) bond motifs is 1. The number of rotatable bonds is 3. The third kappa shape index (κ3) is 2.31. The third-order valence-electron chi connectivity index (χ3n) is 2.85. The summed E-state index contributed by atoms with van der Waals surface area (Å²) in [4.78, 5) is 38.7. The number of hydrogen-bond acceptors (Lipinski definition) is 7. The zero-order chi connectivity index (χ0) is 15.7. The largest absolute Gasteiger partial charge is 0.506 e. The summed E-state index contributed by atoms with van der Waals surface area (Å²) in [5.41, 5.74) is -1.97. The molecule has 0 saturated carbocycles. The molecular weight excluding hydrogens is 280 g/mol. The van der Waals surface area contributed by atoms with Gasteiger partial charge in [0.1, 0.15) is 5.75 Å². The molecule has 8 nitrogen and oxygen atoms in total. The molecule has 2 heterocycles. The Morgan fingerprint density at radius 3 is 2.67 bits per heavy atom. The molecule has 0 atom stereocenters. The summed E-state index contributed by atoms with van der Waals surface area (Å²) in [5, 5.41) is 19.7. The van der Waals surface area contributed by atoms with Gasteiger partial charge in [0.15, 0.2) is 17.0 Å². The fraction of sp³-hybridized carbons (Fsp3) is 0.231. The Labute approximate surface area is 118 Å². The molecule has 0 radical (unpaired) electrons. The quantitative estimate of drug-likeness (QED) is 0.486. The maximum absolute atomic E-state index is 11.9. The summed E-state index contributed by atoms with van der Waals surface area (Å²) >= 11 is 0. The molecule has 0 aliphatic heterocycles. The smallest absolute Gasteiger partial charge is 0.347 e. The van der Waals surface area contributed by atoms with Crippen molar-refractivity contribution in [1.82, 2.24) is 9.71 Å². The van der Waals surface area contributed by atoms with Gasteiger partial charge < -0.3 is 15.1 Å². The first-order chi connectivity index (χ1) is 9.88. The van der Waals surface area contributed by atoms with Gasteiger partial charge in [-0.3, -0.25) is 9.59 Å². The van der Waals surface area contributed by atoms with Crippen molar-refractivity contribution in [2.45, 2.75) is 13.8 Å². The lowest BCUT2D eigenvalue weighted by Crippen LogP contribution is -2.27. The lowest BCUT2D eigenvalue weighted by molar-refractivity contribution is 0.0515. The number of ether oxygens (including phenoxy) is 1. The van der Waals surface area contributed by atoms with Crippen LogP contribution in [0.4, 0.5) is 0 Å². The number of aromatic nitrogens is 2. The van der Waals surface area contributed by atoms with Crippen molar-refractivity contribution >= 4 is 22.8 Å². The van der Waals surface area contributed by atoms with E-state index in [1.165, 1.54) is 19.9 Å². The van der Waals surface area contributed by atoms with Crippen molar-refractivity contribution in [3.8, 4) is 5.75 Å². The molecule has 0 saturated heterocycles. The van der Waals surface area contributed by atoms with Crippen LogP contribution in [0.1, 0.15) is 34.6 Å². The molecule has 21 heavy (non-hydrogen) atoms. The molecular formula is C13H12N2O6. The van der Waals surface area contributed by atoms with Crippen LogP contribution in [-0.4, -0.2) is 38.4 Å². The maximum atomic E-state index is 11.9. The van der Waals surface area contributed by atoms with Gasteiger partial charge in [-0.1, -0.05) is 0 Å². The van der Waals surface area contributed by atoms with Crippen LogP contribution >= 0.6 is 0 Å². The second-order valence-corrected chi connectivity index (χ2v) is 4.21. The first kappa shape index (κ1) is 14.5. The molecule has 0 amide bonds. The van der Waals surface area contributed by atoms with E-state index in [-0.39, 0.29) is 33.7 Å². The first-order valence-corrected chi connectivity index (χ1v) is 6.03. The van der Waals surface area contributed by atoms with Gasteiger partial charge in [0.25, 0.3) is 0 Å². The van der Waals surface area contributed by atoms with E-state index >= 15 is 0 Å². The molecule has 0 aliphatic rings. The molecule has 110 valence electrons. The molecule has 8 heteroatoms. The van der Waals surface area contributed by atoms with Crippen molar-refractivity contribution in [3.63, 3.8) is 0 Å². The molecule has 0 aliphatic carbocycles. The van der Waals surface area contributed by atoms with Gasteiger partial charge in [-0.25, -0.2) is 9.78 Å². The predicted molar refractivity (Wildman–Crippen MR) is 70.8 cm³/mol. The number of Topliss-reactive ketones (excluding diaryl/α,β-unsaturated/α-hetero) is 1. The highest BCUT2D eigenvalue weighted by Crippen LogP contribution is 2.26. The van der Waals surface area contributed by atoms with Crippen molar-refractivity contribution in [1.29, 1.82) is 0 Å². The van der Waals surface area contributed by atoms with Crippen LogP contribution < -0.4 is 5.56 Å². The highest BCUT2D eigenvalue weighted by atomic mass is 16.5. The minimum absolute atomic E-state index is 0.00703. The van der Waals surface area contributed by atoms with Crippen LogP contribution in [0.25, 0.3) is 11.0 Å². The molecule has 2 aromatic rings. The zero-order valence-electron chi connectivity index (χ0n) is 11.3. The number of ketones is 1. The summed E-state index contributed by atoms with van der Waals surface area (Å²) < 4.78 is 4.79. The number of hydrogen-bond donors (Lipinski definition) is 2. The normalized spacial score (nSPS) is 10.6. The number of carbonyl (C=O) groups excluding carboxylic acids is 2. The fourth-order valence-electron chi connectivity index (χ4n) is 1.82.